The molecular formula is C12H12ClNS. The molecule has 0 radical (unpaired) electrons. The van der Waals surface area contributed by atoms with Crippen LogP contribution in [0.3, 0.4) is 0 Å². The van der Waals surface area contributed by atoms with Crippen LogP contribution in [0.1, 0.15) is 11.1 Å². The molecule has 1 aromatic heterocycles. The molecule has 2 rings (SSSR count). The van der Waals surface area contributed by atoms with Crippen LogP contribution in [0.15, 0.2) is 41.1 Å². The van der Waals surface area contributed by atoms with Crippen LogP contribution in [0.5, 0.6) is 0 Å². The minimum absolute atomic E-state index is 0.815. The molecule has 1 nitrogen and oxygen atoms in total. The predicted octanol–water partition coefficient (Wildman–Crippen LogP) is 3.69. The van der Waals surface area contributed by atoms with Crippen molar-refractivity contribution in [3.8, 4) is 0 Å². The van der Waals surface area contributed by atoms with E-state index < -0.39 is 0 Å². The fraction of sp³-hybridized carbons (Fsp3) is 0.167. The lowest BCUT2D eigenvalue weighted by molar-refractivity contribution is 0.695. The van der Waals surface area contributed by atoms with Crippen molar-refractivity contribution in [2.45, 2.75) is 13.1 Å². The van der Waals surface area contributed by atoms with Crippen molar-refractivity contribution in [2.24, 2.45) is 0 Å². The van der Waals surface area contributed by atoms with Crippen LogP contribution in [-0.4, -0.2) is 0 Å². The van der Waals surface area contributed by atoms with Crippen LogP contribution in [0.25, 0.3) is 0 Å². The molecule has 0 saturated carbocycles. The zero-order valence-electron chi connectivity index (χ0n) is 8.24. The minimum atomic E-state index is 0.815. The van der Waals surface area contributed by atoms with Gasteiger partial charge in [0.2, 0.25) is 0 Å². The Labute approximate surface area is 98.7 Å². The maximum Gasteiger partial charge on any atom is 0.0450 e. The van der Waals surface area contributed by atoms with E-state index in [0.29, 0.717) is 0 Å². The van der Waals surface area contributed by atoms with Crippen LogP contribution < -0.4 is 5.32 Å². The van der Waals surface area contributed by atoms with Crippen LogP contribution in [-0.2, 0) is 13.1 Å². The molecule has 0 aliphatic heterocycles. The Bertz CT molecular complexity index is 411. The van der Waals surface area contributed by atoms with Crippen molar-refractivity contribution < 1.29 is 0 Å². The molecule has 2 aromatic rings. The highest BCUT2D eigenvalue weighted by molar-refractivity contribution is 7.07. The van der Waals surface area contributed by atoms with Crippen molar-refractivity contribution in [3.05, 3.63) is 57.2 Å². The second-order valence-electron chi connectivity index (χ2n) is 3.33. The maximum atomic E-state index is 6.05. The number of nitrogens with one attached hydrogen (secondary N) is 1. The zero-order chi connectivity index (χ0) is 10.5. The van der Waals surface area contributed by atoms with Crippen LogP contribution in [0.4, 0.5) is 0 Å². The van der Waals surface area contributed by atoms with E-state index in [9.17, 15) is 0 Å². The molecule has 1 aromatic carbocycles. The van der Waals surface area contributed by atoms with E-state index in [1.807, 2.05) is 24.3 Å². The monoisotopic (exact) mass is 237 g/mol. The zero-order valence-corrected chi connectivity index (χ0v) is 9.81. The van der Waals surface area contributed by atoms with Crippen molar-refractivity contribution >= 4 is 22.9 Å². The number of benzene rings is 1. The standard InChI is InChI=1S/C12H12ClNS/c13-12-4-2-1-3-11(12)8-14-7-10-5-6-15-9-10/h1-6,9,14H,7-8H2. The average molecular weight is 238 g/mol. The number of hydrogen-bond donors (Lipinski definition) is 1. The van der Waals surface area contributed by atoms with Crippen molar-refractivity contribution in [1.82, 2.24) is 5.32 Å². The highest BCUT2D eigenvalue weighted by Crippen LogP contribution is 2.14. The summed E-state index contributed by atoms with van der Waals surface area (Å²) in [5.41, 5.74) is 2.47. The summed E-state index contributed by atoms with van der Waals surface area (Å²) in [6.07, 6.45) is 0. The Morgan fingerprint density at radius 3 is 2.73 bits per heavy atom. The molecule has 0 aliphatic carbocycles. The largest absolute Gasteiger partial charge is 0.309 e. The van der Waals surface area contributed by atoms with E-state index >= 15 is 0 Å². The van der Waals surface area contributed by atoms with E-state index in [-0.39, 0.29) is 0 Å². The second-order valence-corrected chi connectivity index (χ2v) is 4.51. The minimum Gasteiger partial charge on any atom is -0.309 e. The first-order valence-corrected chi connectivity index (χ1v) is 6.13. The Morgan fingerprint density at radius 1 is 1.13 bits per heavy atom. The number of halogens is 1. The quantitative estimate of drug-likeness (QED) is 0.855. The number of hydrogen-bond acceptors (Lipinski definition) is 2. The van der Waals surface area contributed by atoms with Gasteiger partial charge in [0.15, 0.2) is 0 Å². The lowest BCUT2D eigenvalue weighted by Crippen LogP contribution is -2.12. The summed E-state index contributed by atoms with van der Waals surface area (Å²) in [7, 11) is 0. The summed E-state index contributed by atoms with van der Waals surface area (Å²) >= 11 is 7.77. The van der Waals surface area contributed by atoms with Gasteiger partial charge < -0.3 is 5.32 Å². The third-order valence-electron chi connectivity index (χ3n) is 2.18. The third-order valence-corrected chi connectivity index (χ3v) is 3.28. The fourth-order valence-electron chi connectivity index (χ4n) is 1.38. The van der Waals surface area contributed by atoms with Crippen molar-refractivity contribution in [2.75, 3.05) is 0 Å². The molecule has 0 amide bonds. The molecule has 3 heteroatoms. The Hall–Kier alpha value is -0.830. The summed E-state index contributed by atoms with van der Waals surface area (Å²) in [6, 6.07) is 10.1. The lowest BCUT2D eigenvalue weighted by Gasteiger charge is -2.05. The summed E-state index contributed by atoms with van der Waals surface area (Å²) in [4.78, 5) is 0. The van der Waals surface area contributed by atoms with Crippen LogP contribution in [0, 0.1) is 0 Å². The average Bonchev–Trinajstić information content (AvgIpc) is 2.74. The first-order valence-electron chi connectivity index (χ1n) is 4.81. The van der Waals surface area contributed by atoms with E-state index in [1.54, 1.807) is 11.3 Å². The number of rotatable bonds is 4. The topological polar surface area (TPSA) is 12.0 Å². The fourth-order valence-corrected chi connectivity index (χ4v) is 2.25. The van der Waals surface area contributed by atoms with Crippen LogP contribution in [0.2, 0.25) is 5.02 Å². The van der Waals surface area contributed by atoms with Gasteiger partial charge in [-0.3, -0.25) is 0 Å². The Kier molecular flexibility index (Phi) is 3.78. The third kappa shape index (κ3) is 3.06. The van der Waals surface area contributed by atoms with Crippen LogP contribution >= 0.6 is 22.9 Å². The number of thiophene rings is 1. The van der Waals surface area contributed by atoms with Gasteiger partial charge in [0, 0.05) is 18.1 Å². The highest BCUT2D eigenvalue weighted by Gasteiger charge is 1.98. The Morgan fingerprint density at radius 2 is 2.00 bits per heavy atom. The predicted molar refractivity (Wildman–Crippen MR) is 66.3 cm³/mol. The van der Waals surface area contributed by atoms with Gasteiger partial charge in [-0.2, -0.15) is 11.3 Å². The summed E-state index contributed by atoms with van der Waals surface area (Å²) in [5, 5.41) is 8.44. The SMILES string of the molecule is Clc1ccccc1CNCc1ccsc1. The van der Waals surface area contributed by atoms with E-state index in [4.69, 9.17) is 11.6 Å². The van der Waals surface area contributed by atoms with E-state index in [1.165, 1.54) is 5.56 Å². The second kappa shape index (κ2) is 5.31. The van der Waals surface area contributed by atoms with Gasteiger partial charge in [0.05, 0.1) is 0 Å². The molecule has 0 spiro atoms. The molecule has 15 heavy (non-hydrogen) atoms. The van der Waals surface area contributed by atoms with Gasteiger partial charge in [-0.15, -0.1) is 0 Å². The van der Waals surface area contributed by atoms with Gasteiger partial charge in [0.25, 0.3) is 0 Å². The summed E-state index contributed by atoms with van der Waals surface area (Å²) < 4.78 is 0. The molecule has 0 bridgehead atoms. The van der Waals surface area contributed by atoms with Gasteiger partial charge >= 0.3 is 0 Å². The molecule has 0 saturated heterocycles. The first kappa shape index (κ1) is 10.7. The molecule has 0 fully saturated rings. The van der Waals surface area contributed by atoms with Gasteiger partial charge in [-0.1, -0.05) is 29.8 Å². The summed E-state index contributed by atoms with van der Waals surface area (Å²) in [6.45, 7) is 1.71. The first-order chi connectivity index (χ1) is 7.36. The molecule has 1 N–H and O–H groups in total. The van der Waals surface area contributed by atoms with Gasteiger partial charge in [-0.25, -0.2) is 0 Å². The van der Waals surface area contributed by atoms with E-state index in [2.05, 4.69) is 22.1 Å². The van der Waals surface area contributed by atoms with Gasteiger partial charge in [-0.05, 0) is 34.0 Å². The molecule has 0 atom stereocenters. The molecule has 1 heterocycles. The van der Waals surface area contributed by atoms with E-state index in [0.717, 1.165) is 23.7 Å². The Balaban J connectivity index is 1.86. The molecule has 0 aliphatic rings. The summed E-state index contributed by atoms with van der Waals surface area (Å²) in [5.74, 6) is 0. The van der Waals surface area contributed by atoms with Crippen molar-refractivity contribution in [3.63, 3.8) is 0 Å². The highest BCUT2D eigenvalue weighted by atomic mass is 35.5. The normalized spacial score (nSPS) is 10.5. The molecule has 0 unspecified atom stereocenters. The smallest absolute Gasteiger partial charge is 0.0450 e. The lowest BCUT2D eigenvalue weighted by atomic mass is 10.2. The van der Waals surface area contributed by atoms with Gasteiger partial charge in [0.1, 0.15) is 0 Å². The molecular weight excluding hydrogens is 226 g/mol. The van der Waals surface area contributed by atoms with Crippen molar-refractivity contribution in [1.29, 1.82) is 0 Å². The maximum absolute atomic E-state index is 6.05. The molecule has 78 valence electrons.